The second kappa shape index (κ2) is 49.6. The molecule has 3 fully saturated rings. The summed E-state index contributed by atoms with van der Waals surface area (Å²) >= 11 is 1.94. The van der Waals surface area contributed by atoms with Gasteiger partial charge in [0.25, 0.3) is 5.91 Å². The van der Waals surface area contributed by atoms with Crippen molar-refractivity contribution in [2.24, 2.45) is 0 Å². The molecule has 3 saturated heterocycles. The molecule has 3 aliphatic rings. The highest BCUT2D eigenvalue weighted by Crippen LogP contribution is 2.36. The average Bonchev–Trinajstić information content (AvgIpc) is 0.943. The predicted molar refractivity (Wildman–Crippen MR) is 376 cm³/mol. The number of thioether (sulfide) groups is 1. The molecule has 3 aliphatic heterocycles. The van der Waals surface area contributed by atoms with Gasteiger partial charge in [-0.05, 0) is 93.0 Å². The molecular weight excluding hydrogens is 1280 g/mol. The first-order valence-electron chi connectivity index (χ1n) is 35.2. The number of anilines is 3. The number of fused-ring (bicyclic) bond motifs is 2. The summed E-state index contributed by atoms with van der Waals surface area (Å²) in [6, 6.07) is 19.4. The number of hydrogen-bond acceptors (Lipinski definition) is 24. The van der Waals surface area contributed by atoms with E-state index in [-0.39, 0.29) is 23.6 Å². The van der Waals surface area contributed by atoms with Gasteiger partial charge in [0.05, 0.1) is 138 Å². The number of benzene rings is 3. The molecule has 98 heavy (non-hydrogen) atoms. The van der Waals surface area contributed by atoms with Gasteiger partial charge in [0.15, 0.2) is 17.9 Å². The van der Waals surface area contributed by atoms with Crippen molar-refractivity contribution in [3.63, 3.8) is 0 Å². The van der Waals surface area contributed by atoms with Crippen LogP contribution >= 0.6 is 11.8 Å². The van der Waals surface area contributed by atoms with Gasteiger partial charge >= 0.3 is 0 Å². The fraction of sp³-hybridized carbons (Fsp3) is 0.657. The van der Waals surface area contributed by atoms with Crippen LogP contribution in [0.5, 0.6) is 11.5 Å². The quantitative estimate of drug-likeness (QED) is 0.0253. The van der Waals surface area contributed by atoms with E-state index < -0.39 is 6.35 Å². The maximum Gasteiger partial charge on any atom is 0.255 e. The second-order valence-corrected chi connectivity index (χ2v) is 25.3. The van der Waals surface area contributed by atoms with Crippen LogP contribution < -0.4 is 52.0 Å². The Bertz CT molecular complexity index is 2830. The highest BCUT2D eigenvalue weighted by atomic mass is 32.2. The van der Waals surface area contributed by atoms with Crippen molar-refractivity contribution in [2.45, 2.75) is 114 Å². The molecule has 3 aromatic carbocycles. The fourth-order valence-electron chi connectivity index (χ4n) is 11.1. The first-order chi connectivity index (χ1) is 48.2. The summed E-state index contributed by atoms with van der Waals surface area (Å²) in [4.78, 5) is 61.1. The lowest BCUT2D eigenvalue weighted by Gasteiger charge is -2.26. The summed E-state index contributed by atoms with van der Waals surface area (Å²) in [5, 5.41) is 35.9. The minimum atomic E-state index is -0.606. The number of amides is 4. The van der Waals surface area contributed by atoms with Crippen molar-refractivity contribution in [1.29, 1.82) is 0 Å². The molecule has 0 spiro atoms. The van der Waals surface area contributed by atoms with E-state index in [0.717, 1.165) is 125 Å². The van der Waals surface area contributed by atoms with Crippen LogP contribution in [0.2, 0.25) is 0 Å². The van der Waals surface area contributed by atoms with Gasteiger partial charge in [0, 0.05) is 123 Å². The van der Waals surface area contributed by atoms with E-state index in [1.54, 1.807) is 7.11 Å². The molecule has 28 heteroatoms. The maximum absolute atomic E-state index is 13.1. The number of hydrogen-bond donors (Lipinski definition) is 9. The molecule has 0 bridgehead atoms. The third-order valence-corrected chi connectivity index (χ3v) is 18.0. The Morgan fingerprint density at radius 1 is 0.582 bits per heavy atom. The Kier molecular flexibility index (Phi) is 40.2. The van der Waals surface area contributed by atoms with E-state index in [0.29, 0.717) is 210 Å². The van der Waals surface area contributed by atoms with Crippen LogP contribution in [0.4, 0.5) is 17.2 Å². The number of carbonyl (C=O) groups is 4. The number of ether oxygens (including phenoxy) is 11. The highest BCUT2D eigenvalue weighted by Gasteiger charge is 2.42. The molecular formula is C70H109N11O16S. The standard InChI is InChI=1S/C70H109N11O16S/c1-87-61-49-58-59(50-62(61)97-30-10-27-81-28-33-90-34-29-81)75-53-76-68(58)77-56-19-21-57(22-20-56)78-69(85)55-17-15-54(16-18-55)51-71-25-31-88-35-37-91-39-41-93-43-45-95-47-48-96-46-44-94-42-40-92-38-36-89-32-26-74-66(84)13-5-3-9-23-72-64(82)12-4-2-8-24-73-65(83)14-7-6-11-63-67-60(52-98-63)79-70(86)80-67/h15-22,49-50,53,60,63,67,70-71,79-80,86H,2-14,23-48,51-52H2,1H3,(H,72,82)(H,73,83)(H,74,84)(H,78,85)(H,75,76,77)/t60-,63-,67-,70?/m0/s1. The predicted octanol–water partition coefficient (Wildman–Crippen LogP) is 5.31. The molecule has 0 aliphatic carbocycles. The van der Waals surface area contributed by atoms with Crippen LogP contribution in [0.25, 0.3) is 10.9 Å². The normalized spacial score (nSPS) is 16.8. The van der Waals surface area contributed by atoms with E-state index in [1.165, 1.54) is 6.33 Å². The van der Waals surface area contributed by atoms with Crippen molar-refractivity contribution < 1.29 is 76.4 Å². The van der Waals surface area contributed by atoms with E-state index in [4.69, 9.17) is 52.1 Å². The molecule has 4 amide bonds. The Morgan fingerprint density at radius 2 is 1.12 bits per heavy atom. The topological polar surface area (TPSA) is 315 Å². The van der Waals surface area contributed by atoms with Crippen LogP contribution in [0.3, 0.4) is 0 Å². The summed E-state index contributed by atoms with van der Waals surface area (Å²) in [7, 11) is 1.62. The third-order valence-electron chi connectivity index (χ3n) is 16.4. The molecule has 9 N–H and O–H groups in total. The van der Waals surface area contributed by atoms with E-state index in [9.17, 15) is 24.3 Å². The molecule has 1 aromatic heterocycles. The fourth-order valence-corrected chi connectivity index (χ4v) is 12.6. The zero-order chi connectivity index (χ0) is 68.7. The molecule has 0 saturated carbocycles. The van der Waals surface area contributed by atoms with Crippen LogP contribution in [0.15, 0.2) is 67.0 Å². The zero-order valence-electron chi connectivity index (χ0n) is 57.5. The number of methoxy groups -OCH3 is 1. The Morgan fingerprint density at radius 3 is 1.70 bits per heavy atom. The van der Waals surface area contributed by atoms with E-state index in [2.05, 4.69) is 57.4 Å². The number of morpholine rings is 1. The number of nitrogens with one attached hydrogen (secondary N) is 8. The van der Waals surface area contributed by atoms with Gasteiger partial charge in [-0.25, -0.2) is 9.97 Å². The lowest BCUT2D eigenvalue weighted by Crippen LogP contribution is -2.38. The minimum Gasteiger partial charge on any atom is -0.493 e. The van der Waals surface area contributed by atoms with Crippen LogP contribution in [0, 0.1) is 0 Å². The van der Waals surface area contributed by atoms with Gasteiger partial charge in [-0.15, -0.1) is 0 Å². The highest BCUT2D eigenvalue weighted by molar-refractivity contribution is 8.00. The SMILES string of the molecule is COc1cc2c(Nc3ccc(NC(=O)c4ccc(CNCCOCCOCCOCCOCCOCCOCCOCCOCCNC(=O)CCCCCNC(=O)CCCCCNC(=O)CCCC[C@@H]5SC[C@@H]6NC(O)N[C@@H]65)cc4)cc3)ncnc2cc1OCCCN1CCOCC1. The summed E-state index contributed by atoms with van der Waals surface area (Å²) in [5.74, 6) is 2.79. The van der Waals surface area contributed by atoms with Gasteiger partial charge in [-0.1, -0.05) is 31.4 Å². The van der Waals surface area contributed by atoms with Crippen LogP contribution in [0.1, 0.15) is 99.4 Å². The molecule has 7 rings (SSSR count). The number of aromatic nitrogens is 2. The summed E-state index contributed by atoms with van der Waals surface area (Å²) < 4.78 is 61.9. The van der Waals surface area contributed by atoms with Crippen molar-refractivity contribution in [2.75, 3.05) is 195 Å². The van der Waals surface area contributed by atoms with Gasteiger partial charge in [-0.2, -0.15) is 11.8 Å². The lowest BCUT2D eigenvalue weighted by molar-refractivity contribution is -0.122. The Balaban J connectivity index is 0.547. The minimum absolute atomic E-state index is 0.00847. The summed E-state index contributed by atoms with van der Waals surface area (Å²) in [6.07, 6.45) is 11.1. The van der Waals surface area contributed by atoms with Crippen molar-refractivity contribution in [1.82, 2.24) is 46.8 Å². The van der Waals surface area contributed by atoms with E-state index >= 15 is 0 Å². The number of nitrogens with zero attached hydrogens (tertiary/aromatic N) is 3. The van der Waals surface area contributed by atoms with Crippen molar-refractivity contribution >= 4 is 63.5 Å². The number of aliphatic hydroxyl groups is 1. The monoisotopic (exact) mass is 1390 g/mol. The largest absolute Gasteiger partial charge is 0.493 e. The number of carbonyl (C=O) groups excluding carboxylic acids is 4. The number of unbranched alkanes of at least 4 members (excludes halogenated alkanes) is 5. The maximum atomic E-state index is 13.1. The molecule has 4 heterocycles. The molecule has 4 aromatic rings. The lowest BCUT2D eigenvalue weighted by atomic mass is 10.0. The van der Waals surface area contributed by atoms with Crippen molar-refractivity contribution in [3.8, 4) is 11.5 Å². The zero-order valence-corrected chi connectivity index (χ0v) is 58.3. The molecule has 0 radical (unpaired) electrons. The summed E-state index contributed by atoms with van der Waals surface area (Å²) in [5.41, 5.74) is 3.78. The van der Waals surface area contributed by atoms with Crippen molar-refractivity contribution in [3.05, 3.63) is 78.1 Å². The van der Waals surface area contributed by atoms with Gasteiger partial charge in [0.1, 0.15) is 12.1 Å². The van der Waals surface area contributed by atoms with Gasteiger partial charge in [0.2, 0.25) is 17.7 Å². The summed E-state index contributed by atoms with van der Waals surface area (Å²) in [6.45, 7) is 15.3. The molecule has 4 atom stereocenters. The molecule has 27 nitrogen and oxygen atoms in total. The smallest absolute Gasteiger partial charge is 0.255 e. The Labute approximate surface area is 582 Å². The van der Waals surface area contributed by atoms with Crippen LogP contribution in [-0.2, 0) is 63.6 Å². The number of aliphatic hydroxyl groups excluding tert-OH is 1. The third kappa shape index (κ3) is 33.0. The Hall–Kier alpha value is -5.93. The first-order valence-corrected chi connectivity index (χ1v) is 36.2. The van der Waals surface area contributed by atoms with Gasteiger partial charge < -0.3 is 89.1 Å². The van der Waals surface area contributed by atoms with Crippen LogP contribution in [-0.4, -0.2) is 251 Å². The molecule has 1 unspecified atom stereocenters. The molecule has 546 valence electrons. The van der Waals surface area contributed by atoms with E-state index in [1.807, 2.05) is 72.4 Å². The average molecular weight is 1390 g/mol. The van der Waals surface area contributed by atoms with Gasteiger partial charge in [-0.3, -0.25) is 34.7 Å². The second-order valence-electron chi connectivity index (χ2n) is 24.0. The number of rotatable bonds is 56. The first kappa shape index (κ1) is 79.4.